The van der Waals surface area contributed by atoms with Gasteiger partial charge in [0.05, 0.1) is 12.2 Å². The summed E-state index contributed by atoms with van der Waals surface area (Å²) < 4.78 is 0.633. The van der Waals surface area contributed by atoms with Crippen molar-refractivity contribution in [2.24, 2.45) is 5.73 Å². The maximum atomic E-state index is 8.57. The van der Waals surface area contributed by atoms with Gasteiger partial charge in [0.1, 0.15) is 9.34 Å². The number of aromatic nitrogens is 1. The van der Waals surface area contributed by atoms with E-state index in [1.54, 1.807) is 6.20 Å². The molecule has 11 heavy (non-hydrogen) atoms. The van der Waals surface area contributed by atoms with Gasteiger partial charge >= 0.3 is 0 Å². The van der Waals surface area contributed by atoms with E-state index in [0.717, 1.165) is 5.01 Å². The lowest BCUT2D eigenvalue weighted by atomic mass is 10.2. The van der Waals surface area contributed by atoms with Crippen molar-refractivity contribution >= 4 is 22.9 Å². The second-order valence-corrected chi connectivity index (χ2v) is 3.81. The number of nitrogens with two attached hydrogens (primary N) is 1. The maximum absolute atomic E-state index is 8.57. The summed E-state index contributed by atoms with van der Waals surface area (Å²) >= 11 is 7.00. The highest BCUT2D eigenvalue weighted by Crippen LogP contribution is 2.23. The van der Waals surface area contributed by atoms with E-state index < -0.39 is 0 Å². The van der Waals surface area contributed by atoms with Gasteiger partial charge in [0, 0.05) is 6.61 Å². The average molecular weight is 193 g/mol. The van der Waals surface area contributed by atoms with Gasteiger partial charge in [-0.2, -0.15) is 0 Å². The van der Waals surface area contributed by atoms with Crippen LogP contribution in [0.1, 0.15) is 17.5 Å². The van der Waals surface area contributed by atoms with Crippen LogP contribution in [-0.2, 0) is 0 Å². The predicted molar refractivity (Wildman–Crippen MR) is 45.8 cm³/mol. The lowest BCUT2D eigenvalue weighted by molar-refractivity contribution is 0.276. The van der Waals surface area contributed by atoms with Crippen LogP contribution in [0.2, 0.25) is 4.34 Å². The summed E-state index contributed by atoms with van der Waals surface area (Å²) in [7, 11) is 0. The van der Waals surface area contributed by atoms with Crippen molar-refractivity contribution in [1.82, 2.24) is 4.98 Å². The van der Waals surface area contributed by atoms with Gasteiger partial charge in [-0.1, -0.05) is 11.6 Å². The minimum Gasteiger partial charge on any atom is -0.396 e. The highest BCUT2D eigenvalue weighted by atomic mass is 35.5. The van der Waals surface area contributed by atoms with Crippen molar-refractivity contribution in [3.05, 3.63) is 15.5 Å². The molecule has 0 aliphatic carbocycles. The number of aliphatic hydroxyl groups is 1. The van der Waals surface area contributed by atoms with Crippen molar-refractivity contribution in [3.63, 3.8) is 0 Å². The molecule has 1 heterocycles. The zero-order valence-electron chi connectivity index (χ0n) is 5.83. The third-order valence-electron chi connectivity index (χ3n) is 1.25. The molecule has 1 unspecified atom stereocenters. The maximum Gasteiger partial charge on any atom is 0.113 e. The molecule has 1 aromatic heterocycles. The standard InChI is InChI=1S/C6H9ClN2OS/c7-5-3-9-6(11-5)4(8)1-2-10/h3-4,10H,1-2,8H2. The minimum absolute atomic E-state index is 0.0817. The fourth-order valence-corrected chi connectivity index (χ4v) is 1.67. The molecule has 1 aromatic rings. The summed E-state index contributed by atoms with van der Waals surface area (Å²) in [6.45, 7) is 0.0817. The molecule has 0 amide bonds. The zero-order chi connectivity index (χ0) is 8.27. The van der Waals surface area contributed by atoms with E-state index in [-0.39, 0.29) is 12.6 Å². The van der Waals surface area contributed by atoms with Crippen molar-refractivity contribution in [1.29, 1.82) is 0 Å². The Bertz CT molecular complexity index is 228. The molecule has 0 aliphatic heterocycles. The van der Waals surface area contributed by atoms with Crippen LogP contribution in [-0.4, -0.2) is 16.7 Å². The normalized spacial score (nSPS) is 13.4. The average Bonchev–Trinajstić information content (AvgIpc) is 2.36. The van der Waals surface area contributed by atoms with Crippen LogP contribution in [0.3, 0.4) is 0 Å². The number of rotatable bonds is 3. The van der Waals surface area contributed by atoms with Gasteiger partial charge in [0.2, 0.25) is 0 Å². The number of halogens is 1. The molecule has 3 nitrogen and oxygen atoms in total. The molecule has 3 N–H and O–H groups in total. The molecule has 1 atom stereocenters. The first-order valence-corrected chi connectivity index (χ1v) is 4.41. The van der Waals surface area contributed by atoms with Gasteiger partial charge in [-0.3, -0.25) is 0 Å². The van der Waals surface area contributed by atoms with Gasteiger partial charge in [-0.05, 0) is 6.42 Å². The molecule has 0 fully saturated rings. The first kappa shape index (κ1) is 8.93. The van der Waals surface area contributed by atoms with E-state index in [1.165, 1.54) is 11.3 Å². The van der Waals surface area contributed by atoms with Crippen molar-refractivity contribution < 1.29 is 5.11 Å². The summed E-state index contributed by atoms with van der Waals surface area (Å²) in [5.41, 5.74) is 5.65. The minimum atomic E-state index is -0.183. The Morgan fingerprint density at radius 3 is 3.00 bits per heavy atom. The smallest absolute Gasteiger partial charge is 0.113 e. The molecular weight excluding hydrogens is 184 g/mol. The third-order valence-corrected chi connectivity index (χ3v) is 2.50. The number of aliphatic hydroxyl groups excluding tert-OH is 1. The van der Waals surface area contributed by atoms with E-state index in [1.807, 2.05) is 0 Å². The van der Waals surface area contributed by atoms with E-state index in [0.29, 0.717) is 10.8 Å². The molecule has 1 rings (SSSR count). The highest BCUT2D eigenvalue weighted by molar-refractivity contribution is 7.15. The first-order valence-electron chi connectivity index (χ1n) is 3.21. The van der Waals surface area contributed by atoms with E-state index in [4.69, 9.17) is 22.4 Å². The summed E-state index contributed by atoms with van der Waals surface area (Å²) in [5, 5.41) is 9.35. The topological polar surface area (TPSA) is 59.1 Å². The second-order valence-electron chi connectivity index (χ2n) is 2.12. The molecule has 0 aliphatic rings. The van der Waals surface area contributed by atoms with Crippen LogP contribution in [0.5, 0.6) is 0 Å². The highest BCUT2D eigenvalue weighted by Gasteiger charge is 2.08. The van der Waals surface area contributed by atoms with Crippen LogP contribution in [0, 0.1) is 0 Å². The molecule has 0 aromatic carbocycles. The molecule has 0 radical (unpaired) electrons. The summed E-state index contributed by atoms with van der Waals surface area (Å²) in [6, 6.07) is -0.183. The zero-order valence-corrected chi connectivity index (χ0v) is 7.40. The molecular formula is C6H9ClN2OS. The molecule has 0 saturated carbocycles. The largest absolute Gasteiger partial charge is 0.396 e. The first-order chi connectivity index (χ1) is 5.24. The number of nitrogens with zero attached hydrogens (tertiary/aromatic N) is 1. The molecule has 0 spiro atoms. The van der Waals surface area contributed by atoms with Crippen molar-refractivity contribution in [2.45, 2.75) is 12.5 Å². The molecule has 62 valence electrons. The summed E-state index contributed by atoms with van der Waals surface area (Å²) in [5.74, 6) is 0. The molecule has 0 saturated heterocycles. The number of hydrogen-bond acceptors (Lipinski definition) is 4. The van der Waals surface area contributed by atoms with Gasteiger partial charge in [0.15, 0.2) is 0 Å². The fourth-order valence-electron chi connectivity index (χ4n) is 0.701. The van der Waals surface area contributed by atoms with Crippen LogP contribution in [0.4, 0.5) is 0 Å². The Balaban J connectivity index is 2.60. The van der Waals surface area contributed by atoms with Gasteiger partial charge in [-0.15, -0.1) is 11.3 Å². The lowest BCUT2D eigenvalue weighted by Gasteiger charge is -2.03. The third kappa shape index (κ3) is 2.41. The Morgan fingerprint density at radius 2 is 2.55 bits per heavy atom. The van der Waals surface area contributed by atoms with Crippen LogP contribution >= 0.6 is 22.9 Å². The number of thiazole rings is 1. The van der Waals surface area contributed by atoms with E-state index in [2.05, 4.69) is 4.98 Å². The van der Waals surface area contributed by atoms with Crippen molar-refractivity contribution in [2.75, 3.05) is 6.61 Å². The Hall–Kier alpha value is -0.160. The van der Waals surface area contributed by atoms with Crippen LogP contribution < -0.4 is 5.73 Å². The Kier molecular flexibility index (Phi) is 3.26. The van der Waals surface area contributed by atoms with E-state index >= 15 is 0 Å². The van der Waals surface area contributed by atoms with Gasteiger partial charge in [0.25, 0.3) is 0 Å². The SMILES string of the molecule is NC(CCO)c1ncc(Cl)s1. The Labute approximate surface area is 73.8 Å². The summed E-state index contributed by atoms with van der Waals surface area (Å²) in [4.78, 5) is 3.98. The van der Waals surface area contributed by atoms with E-state index in [9.17, 15) is 0 Å². The lowest BCUT2D eigenvalue weighted by Crippen LogP contribution is -2.11. The summed E-state index contributed by atoms with van der Waals surface area (Å²) in [6.07, 6.45) is 2.10. The fraction of sp³-hybridized carbons (Fsp3) is 0.500. The van der Waals surface area contributed by atoms with Crippen LogP contribution in [0.25, 0.3) is 0 Å². The molecule has 0 bridgehead atoms. The second kappa shape index (κ2) is 4.01. The van der Waals surface area contributed by atoms with Crippen molar-refractivity contribution in [3.8, 4) is 0 Å². The molecule has 5 heteroatoms. The van der Waals surface area contributed by atoms with Gasteiger partial charge in [-0.25, -0.2) is 4.98 Å². The van der Waals surface area contributed by atoms with Gasteiger partial charge < -0.3 is 10.8 Å². The predicted octanol–water partition coefficient (Wildman–Crippen LogP) is 1.18. The number of hydrogen-bond donors (Lipinski definition) is 2. The Morgan fingerprint density at radius 1 is 1.82 bits per heavy atom. The quantitative estimate of drug-likeness (QED) is 0.756. The monoisotopic (exact) mass is 192 g/mol. The van der Waals surface area contributed by atoms with Crippen LogP contribution in [0.15, 0.2) is 6.20 Å².